The fraction of sp³-hybridized carbons (Fsp3) is 0.300. The SMILES string of the molecule is Cc1ccc(S(=O)(=O)NC(c2ccc(Cl)cc2)C(F)(F)C#C[Si](C)(C)C)cc1. The van der Waals surface area contributed by atoms with Gasteiger partial charge in [-0.05, 0) is 42.7 Å². The van der Waals surface area contributed by atoms with Crippen LogP contribution in [0, 0.1) is 18.4 Å². The molecule has 0 amide bonds. The third kappa shape index (κ3) is 6.14. The maximum Gasteiger partial charge on any atom is 0.327 e. The van der Waals surface area contributed by atoms with Crippen molar-refractivity contribution in [2.75, 3.05) is 0 Å². The fourth-order valence-electron chi connectivity index (χ4n) is 2.29. The van der Waals surface area contributed by atoms with E-state index in [4.69, 9.17) is 11.6 Å². The van der Waals surface area contributed by atoms with Crippen LogP contribution in [0.15, 0.2) is 53.4 Å². The number of nitrogens with one attached hydrogen (secondary N) is 1. The number of hydrogen-bond donors (Lipinski definition) is 1. The van der Waals surface area contributed by atoms with Gasteiger partial charge >= 0.3 is 5.92 Å². The third-order valence-corrected chi connectivity index (χ3v) is 6.34. The molecule has 150 valence electrons. The van der Waals surface area contributed by atoms with Crippen LogP contribution in [0.1, 0.15) is 17.2 Å². The zero-order chi connectivity index (χ0) is 21.2. The van der Waals surface area contributed by atoms with Crippen LogP contribution in [0.3, 0.4) is 0 Å². The topological polar surface area (TPSA) is 46.2 Å². The van der Waals surface area contributed by atoms with Crippen LogP contribution >= 0.6 is 11.6 Å². The first-order valence-corrected chi connectivity index (χ1v) is 13.9. The number of hydrogen-bond acceptors (Lipinski definition) is 2. The summed E-state index contributed by atoms with van der Waals surface area (Å²) >= 11 is 5.85. The largest absolute Gasteiger partial charge is 0.327 e. The molecule has 0 saturated heterocycles. The lowest BCUT2D eigenvalue weighted by Crippen LogP contribution is -2.40. The van der Waals surface area contributed by atoms with E-state index in [0.29, 0.717) is 5.02 Å². The van der Waals surface area contributed by atoms with Crippen LogP contribution in [0.25, 0.3) is 0 Å². The molecule has 28 heavy (non-hydrogen) atoms. The minimum Gasteiger partial charge on any atom is -0.207 e. The normalized spacial score (nSPS) is 13.5. The van der Waals surface area contributed by atoms with Gasteiger partial charge in [0, 0.05) is 5.02 Å². The zero-order valence-corrected chi connectivity index (χ0v) is 18.6. The van der Waals surface area contributed by atoms with Crippen LogP contribution in [0.4, 0.5) is 8.78 Å². The number of alkyl halides is 2. The molecule has 8 heteroatoms. The molecule has 0 saturated carbocycles. The summed E-state index contributed by atoms with van der Waals surface area (Å²) in [6.45, 7) is 7.32. The van der Waals surface area contributed by atoms with Gasteiger partial charge in [-0.2, -0.15) is 13.5 Å². The molecule has 0 spiro atoms. The predicted octanol–water partition coefficient (Wildman–Crippen LogP) is 5.18. The summed E-state index contributed by atoms with van der Waals surface area (Å²) in [5.74, 6) is -1.59. The Morgan fingerprint density at radius 3 is 2.07 bits per heavy atom. The summed E-state index contributed by atoms with van der Waals surface area (Å²) in [7, 11) is -6.28. The zero-order valence-electron chi connectivity index (χ0n) is 16.1. The van der Waals surface area contributed by atoms with Crippen LogP contribution in [0.2, 0.25) is 24.7 Å². The summed E-state index contributed by atoms with van der Waals surface area (Å²) in [5.41, 5.74) is 3.57. The minimum absolute atomic E-state index is 0.0787. The second-order valence-corrected chi connectivity index (χ2v) is 14.4. The minimum atomic E-state index is -4.19. The van der Waals surface area contributed by atoms with Crippen LogP contribution < -0.4 is 4.72 Å². The van der Waals surface area contributed by atoms with Gasteiger partial charge < -0.3 is 0 Å². The Morgan fingerprint density at radius 2 is 1.57 bits per heavy atom. The van der Waals surface area contributed by atoms with E-state index in [9.17, 15) is 8.42 Å². The molecular formula is C20H22ClF2NO2SSi. The van der Waals surface area contributed by atoms with Crippen molar-refractivity contribution in [2.45, 2.75) is 43.4 Å². The van der Waals surface area contributed by atoms with E-state index in [1.165, 1.54) is 36.4 Å². The maximum absolute atomic E-state index is 15.0. The Bertz CT molecular complexity index is 990. The number of rotatable bonds is 5. The van der Waals surface area contributed by atoms with Crippen molar-refractivity contribution in [3.05, 3.63) is 64.7 Å². The lowest BCUT2D eigenvalue weighted by Gasteiger charge is -2.25. The molecule has 2 aromatic rings. The average Bonchev–Trinajstić information content (AvgIpc) is 2.59. The van der Waals surface area contributed by atoms with Gasteiger partial charge in [0.25, 0.3) is 0 Å². The second-order valence-electron chi connectivity index (χ2n) is 7.54. The number of halogens is 3. The van der Waals surface area contributed by atoms with Crippen molar-refractivity contribution < 1.29 is 17.2 Å². The van der Waals surface area contributed by atoms with Gasteiger partial charge in [0.2, 0.25) is 10.0 Å². The summed E-state index contributed by atoms with van der Waals surface area (Å²) in [6.07, 6.45) is 0. The summed E-state index contributed by atoms with van der Waals surface area (Å²) in [6, 6.07) is 9.73. The Labute approximate surface area is 171 Å². The van der Waals surface area contributed by atoms with Gasteiger partial charge in [-0.15, -0.1) is 5.54 Å². The first kappa shape index (κ1) is 22.6. The van der Waals surface area contributed by atoms with Crippen molar-refractivity contribution in [3.8, 4) is 11.5 Å². The molecule has 0 bridgehead atoms. The molecular weight excluding hydrogens is 420 g/mol. The molecule has 0 fully saturated rings. The molecule has 2 rings (SSSR count). The number of benzene rings is 2. The molecule has 1 unspecified atom stereocenters. The van der Waals surface area contributed by atoms with Gasteiger partial charge in [0.05, 0.1) is 4.90 Å². The fourth-order valence-corrected chi connectivity index (χ4v) is 4.18. The van der Waals surface area contributed by atoms with E-state index in [1.54, 1.807) is 19.1 Å². The van der Waals surface area contributed by atoms with Crippen molar-refractivity contribution in [1.82, 2.24) is 4.72 Å². The van der Waals surface area contributed by atoms with Gasteiger partial charge in [-0.1, -0.05) is 61.1 Å². The highest BCUT2D eigenvalue weighted by Gasteiger charge is 2.42. The molecule has 1 N–H and O–H groups in total. The molecule has 2 aromatic carbocycles. The lowest BCUT2D eigenvalue weighted by molar-refractivity contribution is 0.0303. The van der Waals surface area contributed by atoms with E-state index >= 15 is 8.78 Å². The first-order chi connectivity index (χ1) is 12.8. The van der Waals surface area contributed by atoms with Crippen molar-refractivity contribution >= 4 is 29.7 Å². The van der Waals surface area contributed by atoms with Crippen molar-refractivity contribution in [1.29, 1.82) is 0 Å². The highest BCUT2D eigenvalue weighted by molar-refractivity contribution is 7.89. The van der Waals surface area contributed by atoms with Crippen LogP contribution in [-0.2, 0) is 10.0 Å². The summed E-state index contributed by atoms with van der Waals surface area (Å²) < 4.78 is 57.6. The van der Waals surface area contributed by atoms with Crippen molar-refractivity contribution in [3.63, 3.8) is 0 Å². The molecule has 1 atom stereocenters. The average molecular weight is 442 g/mol. The van der Waals surface area contributed by atoms with Gasteiger partial charge in [-0.25, -0.2) is 8.42 Å². The van der Waals surface area contributed by atoms with Gasteiger partial charge in [0.15, 0.2) is 0 Å². The third-order valence-electron chi connectivity index (χ3n) is 3.77. The van der Waals surface area contributed by atoms with Crippen molar-refractivity contribution in [2.24, 2.45) is 0 Å². The smallest absolute Gasteiger partial charge is 0.207 e. The second kappa shape index (κ2) is 8.33. The Hall–Kier alpha value is -1.72. The lowest BCUT2D eigenvalue weighted by atomic mass is 10.0. The summed E-state index contributed by atoms with van der Waals surface area (Å²) in [5, 5.41) is 0.361. The predicted molar refractivity (Wildman–Crippen MR) is 112 cm³/mol. The Balaban J connectivity index is 2.50. The first-order valence-electron chi connectivity index (χ1n) is 8.57. The molecule has 0 aliphatic rings. The van der Waals surface area contributed by atoms with Crippen LogP contribution in [-0.4, -0.2) is 22.4 Å². The highest BCUT2D eigenvalue weighted by atomic mass is 35.5. The molecule has 0 aliphatic heterocycles. The van der Waals surface area contributed by atoms with Crippen LogP contribution in [0.5, 0.6) is 0 Å². The van der Waals surface area contributed by atoms with Gasteiger partial charge in [-0.3, -0.25) is 0 Å². The van der Waals surface area contributed by atoms with E-state index < -0.39 is 30.1 Å². The Kier molecular flexibility index (Phi) is 6.72. The van der Waals surface area contributed by atoms with E-state index in [-0.39, 0.29) is 10.5 Å². The molecule has 0 heterocycles. The summed E-state index contributed by atoms with van der Waals surface area (Å²) in [4.78, 5) is -0.0916. The number of aryl methyl sites for hydroxylation is 1. The van der Waals surface area contributed by atoms with E-state index in [0.717, 1.165) is 5.56 Å². The quantitative estimate of drug-likeness (QED) is 0.513. The monoisotopic (exact) mass is 441 g/mol. The van der Waals surface area contributed by atoms with Gasteiger partial charge in [0.1, 0.15) is 14.1 Å². The Morgan fingerprint density at radius 1 is 1.04 bits per heavy atom. The standard InChI is InChI=1S/C20H22ClF2NO2SSi/c1-15-5-11-18(12-6-15)27(25,26)24-19(16-7-9-17(21)10-8-16)20(22,23)13-14-28(2,3)4/h5-12,19,24H,1-4H3. The molecule has 0 radical (unpaired) electrons. The molecule has 3 nitrogen and oxygen atoms in total. The maximum atomic E-state index is 15.0. The van der Waals surface area contributed by atoms with E-state index in [2.05, 4.69) is 10.3 Å². The molecule has 0 aliphatic carbocycles. The number of sulfonamides is 1. The van der Waals surface area contributed by atoms with E-state index in [1.807, 2.05) is 25.6 Å². The highest BCUT2D eigenvalue weighted by Crippen LogP contribution is 2.33. The molecule has 0 aromatic heterocycles.